The van der Waals surface area contributed by atoms with Gasteiger partial charge in [-0.1, -0.05) is 38.1 Å². The molecule has 0 aliphatic rings. The minimum Gasteiger partial charge on any atom is -0.478 e. The fraction of sp³-hybridized carbons (Fsp3) is 0.190. The topological polar surface area (TPSA) is 63.1 Å². The molecule has 3 rings (SSSR count). The number of nitrogens with zero attached hydrogens (tertiary/aromatic N) is 2. The van der Waals surface area contributed by atoms with E-state index in [4.69, 9.17) is 5.11 Å². The van der Waals surface area contributed by atoms with Crippen LogP contribution in [0.2, 0.25) is 0 Å². The number of benzene rings is 2. The fourth-order valence-corrected chi connectivity index (χ4v) is 2.44. The number of hydrogen-bond acceptors (Lipinski definition) is 3. The summed E-state index contributed by atoms with van der Waals surface area (Å²) in [5.41, 5.74) is 1.70. The van der Waals surface area contributed by atoms with Gasteiger partial charge in [-0.25, -0.2) is 14.8 Å². The van der Waals surface area contributed by atoms with E-state index in [1.807, 2.05) is 13.8 Å². The van der Waals surface area contributed by atoms with Crippen LogP contribution in [0.4, 0.5) is 13.2 Å². The zero-order valence-electron chi connectivity index (χ0n) is 15.6. The number of aromatic carboxylic acids is 1. The molecule has 0 saturated carbocycles. The predicted molar refractivity (Wildman–Crippen MR) is 101 cm³/mol. The second-order valence-corrected chi connectivity index (χ2v) is 5.68. The number of carbonyl (C=O) groups is 1. The monoisotopic (exact) mass is 388 g/mol. The van der Waals surface area contributed by atoms with E-state index in [0.717, 1.165) is 12.1 Å². The van der Waals surface area contributed by atoms with Crippen molar-refractivity contribution in [1.82, 2.24) is 9.97 Å². The standard InChI is InChI=1S/C19H13F3N2O2.C2H6/c1-11-10-16(12-6-8-15(9-7-12)19(20,21)22)24-17(23-11)13-2-4-14(5-3-13)18(25)26;1-2/h2-10H,1H3,(H,25,26);1-2H3. The second-order valence-electron chi connectivity index (χ2n) is 5.68. The summed E-state index contributed by atoms with van der Waals surface area (Å²) < 4.78 is 38.1. The molecule has 0 amide bonds. The average Bonchev–Trinajstić information content (AvgIpc) is 2.68. The number of rotatable bonds is 3. The minimum atomic E-state index is -4.39. The van der Waals surface area contributed by atoms with Crippen LogP contribution in [-0.2, 0) is 6.18 Å². The molecule has 0 aliphatic heterocycles. The van der Waals surface area contributed by atoms with Gasteiger partial charge >= 0.3 is 12.1 Å². The average molecular weight is 388 g/mol. The van der Waals surface area contributed by atoms with Crippen molar-refractivity contribution in [2.75, 3.05) is 0 Å². The smallest absolute Gasteiger partial charge is 0.416 e. The summed E-state index contributed by atoms with van der Waals surface area (Å²) in [5.74, 6) is -0.663. The molecule has 28 heavy (non-hydrogen) atoms. The van der Waals surface area contributed by atoms with Crippen LogP contribution in [-0.4, -0.2) is 21.0 Å². The first-order chi connectivity index (χ1) is 13.2. The summed E-state index contributed by atoms with van der Waals surface area (Å²) in [6.07, 6.45) is -4.39. The van der Waals surface area contributed by atoms with Gasteiger partial charge in [0.25, 0.3) is 0 Å². The molecule has 2 aromatic carbocycles. The number of aromatic nitrogens is 2. The quantitative estimate of drug-likeness (QED) is 0.610. The molecule has 0 fully saturated rings. The molecule has 0 spiro atoms. The summed E-state index contributed by atoms with van der Waals surface area (Å²) in [5, 5.41) is 8.95. The lowest BCUT2D eigenvalue weighted by atomic mass is 10.1. The van der Waals surface area contributed by atoms with Crippen molar-refractivity contribution in [2.45, 2.75) is 26.9 Å². The first-order valence-electron chi connectivity index (χ1n) is 8.61. The Balaban J connectivity index is 0.00000136. The van der Waals surface area contributed by atoms with E-state index in [1.165, 1.54) is 24.3 Å². The van der Waals surface area contributed by atoms with Crippen molar-refractivity contribution in [2.24, 2.45) is 0 Å². The Hall–Kier alpha value is -3.22. The zero-order chi connectivity index (χ0) is 20.9. The number of halogens is 3. The molecule has 3 aromatic rings. The lowest BCUT2D eigenvalue weighted by molar-refractivity contribution is -0.137. The molecule has 0 unspecified atom stereocenters. The second kappa shape index (κ2) is 8.65. The Labute approximate surface area is 160 Å². The van der Waals surface area contributed by atoms with E-state index in [0.29, 0.717) is 28.3 Å². The van der Waals surface area contributed by atoms with Crippen molar-refractivity contribution >= 4 is 5.97 Å². The molecule has 0 bridgehead atoms. The van der Waals surface area contributed by atoms with Crippen molar-refractivity contribution in [3.8, 4) is 22.6 Å². The van der Waals surface area contributed by atoms with Gasteiger partial charge in [0.1, 0.15) is 0 Å². The van der Waals surface area contributed by atoms with E-state index >= 15 is 0 Å². The molecule has 1 heterocycles. The van der Waals surface area contributed by atoms with Crippen LogP contribution in [0.3, 0.4) is 0 Å². The van der Waals surface area contributed by atoms with Crippen LogP contribution in [0.25, 0.3) is 22.6 Å². The molecule has 4 nitrogen and oxygen atoms in total. The highest BCUT2D eigenvalue weighted by atomic mass is 19.4. The van der Waals surface area contributed by atoms with Crippen LogP contribution in [0.15, 0.2) is 54.6 Å². The van der Waals surface area contributed by atoms with Crippen molar-refractivity contribution in [1.29, 1.82) is 0 Å². The van der Waals surface area contributed by atoms with Gasteiger partial charge in [0.05, 0.1) is 16.8 Å². The Kier molecular flexibility index (Phi) is 6.51. The normalized spacial score (nSPS) is 10.8. The lowest BCUT2D eigenvalue weighted by Gasteiger charge is -2.09. The Morgan fingerprint density at radius 1 is 0.893 bits per heavy atom. The summed E-state index contributed by atoms with van der Waals surface area (Å²) in [6, 6.07) is 12.5. The SMILES string of the molecule is CC.Cc1cc(-c2ccc(C(F)(F)F)cc2)nc(-c2ccc(C(=O)O)cc2)n1. The van der Waals surface area contributed by atoms with E-state index in [1.54, 1.807) is 25.1 Å². The third-order valence-electron chi connectivity index (χ3n) is 3.75. The van der Waals surface area contributed by atoms with E-state index in [2.05, 4.69) is 9.97 Å². The third kappa shape index (κ3) is 4.94. The van der Waals surface area contributed by atoms with Gasteiger partial charge in [-0.3, -0.25) is 0 Å². The van der Waals surface area contributed by atoms with Crippen LogP contribution < -0.4 is 0 Å². The fourth-order valence-electron chi connectivity index (χ4n) is 2.44. The van der Waals surface area contributed by atoms with Gasteiger partial charge in [-0.15, -0.1) is 0 Å². The van der Waals surface area contributed by atoms with E-state index in [-0.39, 0.29) is 5.56 Å². The Bertz CT molecular complexity index is 951. The molecule has 1 N–H and O–H groups in total. The Morgan fingerprint density at radius 3 is 1.93 bits per heavy atom. The molecule has 0 aliphatic carbocycles. The zero-order valence-corrected chi connectivity index (χ0v) is 15.6. The molecule has 7 heteroatoms. The third-order valence-corrected chi connectivity index (χ3v) is 3.75. The van der Waals surface area contributed by atoms with Gasteiger partial charge < -0.3 is 5.11 Å². The maximum atomic E-state index is 12.7. The number of carboxylic acids is 1. The first kappa shape index (κ1) is 21.1. The molecule has 146 valence electrons. The van der Waals surface area contributed by atoms with Gasteiger partial charge in [0.15, 0.2) is 5.82 Å². The summed E-state index contributed by atoms with van der Waals surface area (Å²) in [7, 11) is 0. The van der Waals surface area contributed by atoms with E-state index in [9.17, 15) is 18.0 Å². The largest absolute Gasteiger partial charge is 0.478 e. The molecule has 1 aromatic heterocycles. The van der Waals surface area contributed by atoms with Gasteiger partial charge in [0.2, 0.25) is 0 Å². The lowest BCUT2D eigenvalue weighted by Crippen LogP contribution is -2.04. The van der Waals surface area contributed by atoms with Crippen LogP contribution in [0.5, 0.6) is 0 Å². The van der Waals surface area contributed by atoms with Gasteiger partial charge in [-0.2, -0.15) is 13.2 Å². The van der Waals surface area contributed by atoms with Crippen molar-refractivity contribution < 1.29 is 23.1 Å². The van der Waals surface area contributed by atoms with Gasteiger partial charge in [0, 0.05) is 16.8 Å². The summed E-state index contributed by atoms with van der Waals surface area (Å²) in [6.45, 7) is 5.75. The minimum absolute atomic E-state index is 0.143. The van der Waals surface area contributed by atoms with E-state index < -0.39 is 17.7 Å². The molecular weight excluding hydrogens is 369 g/mol. The predicted octanol–water partition coefficient (Wildman–Crippen LogP) is 5.86. The Morgan fingerprint density at radius 2 is 1.43 bits per heavy atom. The molecule has 0 radical (unpaired) electrons. The number of aryl methyl sites for hydroxylation is 1. The van der Waals surface area contributed by atoms with Crippen LogP contribution in [0.1, 0.15) is 35.5 Å². The molecule has 0 atom stereocenters. The number of carboxylic acid groups (broad SMARTS) is 1. The van der Waals surface area contributed by atoms with Crippen molar-refractivity contribution in [3.63, 3.8) is 0 Å². The van der Waals surface area contributed by atoms with Crippen LogP contribution in [0, 0.1) is 6.92 Å². The summed E-state index contributed by atoms with van der Waals surface area (Å²) >= 11 is 0. The maximum Gasteiger partial charge on any atom is 0.416 e. The highest BCUT2D eigenvalue weighted by molar-refractivity contribution is 5.88. The highest BCUT2D eigenvalue weighted by Crippen LogP contribution is 2.31. The van der Waals surface area contributed by atoms with Gasteiger partial charge in [-0.05, 0) is 37.3 Å². The van der Waals surface area contributed by atoms with Crippen LogP contribution >= 0.6 is 0 Å². The first-order valence-corrected chi connectivity index (χ1v) is 8.61. The number of hydrogen-bond donors (Lipinski definition) is 1. The molecule has 0 saturated heterocycles. The number of alkyl halides is 3. The highest BCUT2D eigenvalue weighted by Gasteiger charge is 2.30. The summed E-state index contributed by atoms with van der Waals surface area (Å²) in [4.78, 5) is 19.7. The van der Waals surface area contributed by atoms with Crippen molar-refractivity contribution in [3.05, 3.63) is 71.4 Å². The maximum absolute atomic E-state index is 12.7. The molecular formula is C21H19F3N2O2.